The first-order chi connectivity index (χ1) is 14.1. The standard InChI is InChI=1S/C24H25N3O2/c28-21(11-10-16-6-2-1-3-7-16)25-18-14-24(15-18)12-17(13-24)22-19-8-4-5-9-20(19)23(29)27-26-22/h1-9,17-18H,10-15H2,(H,25,28)(H,27,29). The second kappa shape index (κ2) is 7.14. The molecule has 2 aliphatic carbocycles. The predicted octanol–water partition coefficient (Wildman–Crippen LogP) is 3.70. The third-order valence-corrected chi connectivity index (χ3v) is 6.68. The average molecular weight is 387 g/mol. The van der Waals surface area contributed by atoms with Crippen LogP contribution in [-0.2, 0) is 11.2 Å². The van der Waals surface area contributed by atoms with E-state index in [1.54, 1.807) is 0 Å². The number of hydrogen-bond donors (Lipinski definition) is 2. The highest BCUT2D eigenvalue weighted by Crippen LogP contribution is 2.62. The molecule has 2 N–H and O–H groups in total. The molecule has 29 heavy (non-hydrogen) atoms. The molecule has 2 saturated carbocycles. The number of amides is 1. The van der Waals surface area contributed by atoms with Crippen molar-refractivity contribution < 1.29 is 4.79 Å². The van der Waals surface area contributed by atoms with Crippen LogP contribution >= 0.6 is 0 Å². The van der Waals surface area contributed by atoms with E-state index >= 15 is 0 Å². The lowest BCUT2D eigenvalue weighted by atomic mass is 9.49. The zero-order valence-corrected chi connectivity index (χ0v) is 16.4. The molecule has 5 rings (SSSR count). The number of carbonyl (C=O) groups is 1. The van der Waals surface area contributed by atoms with Crippen LogP contribution < -0.4 is 10.9 Å². The van der Waals surface area contributed by atoms with Gasteiger partial charge in [0.05, 0.1) is 11.1 Å². The van der Waals surface area contributed by atoms with Crippen molar-refractivity contribution in [3.63, 3.8) is 0 Å². The molecule has 5 heteroatoms. The molecule has 2 aromatic carbocycles. The first-order valence-corrected chi connectivity index (χ1v) is 10.4. The molecule has 0 bridgehead atoms. The van der Waals surface area contributed by atoms with Crippen molar-refractivity contribution in [3.05, 3.63) is 76.2 Å². The predicted molar refractivity (Wildman–Crippen MR) is 113 cm³/mol. The summed E-state index contributed by atoms with van der Waals surface area (Å²) in [5.74, 6) is 0.546. The van der Waals surface area contributed by atoms with Gasteiger partial charge in [0.2, 0.25) is 5.91 Å². The third kappa shape index (κ3) is 3.46. The molecular weight excluding hydrogens is 362 g/mol. The molecule has 0 saturated heterocycles. The molecule has 0 unspecified atom stereocenters. The van der Waals surface area contributed by atoms with Gasteiger partial charge >= 0.3 is 0 Å². The SMILES string of the molecule is O=C(CCc1ccccc1)NC1CC2(C1)CC(c1n[nH]c(=O)c3ccccc13)C2. The van der Waals surface area contributed by atoms with Crippen molar-refractivity contribution in [2.75, 3.05) is 0 Å². The molecule has 0 radical (unpaired) electrons. The number of rotatable bonds is 5. The van der Waals surface area contributed by atoms with Gasteiger partial charge in [0.25, 0.3) is 5.56 Å². The van der Waals surface area contributed by atoms with E-state index in [9.17, 15) is 9.59 Å². The van der Waals surface area contributed by atoms with Crippen LogP contribution in [0.25, 0.3) is 10.8 Å². The van der Waals surface area contributed by atoms with Crippen molar-refractivity contribution in [1.82, 2.24) is 15.5 Å². The molecule has 0 atom stereocenters. The normalized spacial score (nSPS) is 25.4. The van der Waals surface area contributed by atoms with Crippen LogP contribution in [0.3, 0.4) is 0 Å². The van der Waals surface area contributed by atoms with Crippen molar-refractivity contribution in [3.8, 4) is 0 Å². The lowest BCUT2D eigenvalue weighted by Gasteiger charge is -2.57. The molecule has 0 aliphatic heterocycles. The first-order valence-electron chi connectivity index (χ1n) is 10.4. The summed E-state index contributed by atoms with van der Waals surface area (Å²) in [5, 5.41) is 11.9. The lowest BCUT2D eigenvalue weighted by molar-refractivity contribution is -0.124. The summed E-state index contributed by atoms with van der Waals surface area (Å²) in [5.41, 5.74) is 2.44. The van der Waals surface area contributed by atoms with Gasteiger partial charge in [-0.25, -0.2) is 5.10 Å². The monoisotopic (exact) mass is 387 g/mol. The smallest absolute Gasteiger partial charge is 0.272 e. The number of H-pyrrole nitrogens is 1. The van der Waals surface area contributed by atoms with E-state index in [2.05, 4.69) is 27.6 Å². The van der Waals surface area contributed by atoms with E-state index < -0.39 is 0 Å². The van der Waals surface area contributed by atoms with Gasteiger partial charge in [-0.2, -0.15) is 5.10 Å². The van der Waals surface area contributed by atoms with E-state index in [1.807, 2.05) is 42.5 Å². The zero-order valence-electron chi connectivity index (χ0n) is 16.4. The molecule has 2 aliphatic rings. The van der Waals surface area contributed by atoms with E-state index in [0.29, 0.717) is 23.8 Å². The van der Waals surface area contributed by atoms with Gasteiger partial charge in [0.1, 0.15) is 0 Å². The second-order valence-electron chi connectivity index (χ2n) is 8.75. The number of fused-ring (bicyclic) bond motifs is 1. The minimum atomic E-state index is -0.125. The molecule has 5 nitrogen and oxygen atoms in total. The molecule has 1 spiro atoms. The van der Waals surface area contributed by atoms with E-state index in [4.69, 9.17) is 0 Å². The Morgan fingerprint density at radius 3 is 2.45 bits per heavy atom. The highest BCUT2D eigenvalue weighted by molar-refractivity contribution is 5.84. The summed E-state index contributed by atoms with van der Waals surface area (Å²) in [6, 6.07) is 18.2. The minimum absolute atomic E-state index is 0.125. The van der Waals surface area contributed by atoms with Crippen molar-refractivity contribution >= 4 is 16.7 Å². The topological polar surface area (TPSA) is 74.8 Å². The Kier molecular flexibility index (Phi) is 4.46. The van der Waals surface area contributed by atoms with Gasteiger partial charge in [-0.15, -0.1) is 0 Å². The van der Waals surface area contributed by atoms with Crippen LogP contribution in [0, 0.1) is 5.41 Å². The van der Waals surface area contributed by atoms with Crippen LogP contribution in [0.2, 0.25) is 0 Å². The molecular formula is C24H25N3O2. The molecule has 1 heterocycles. The van der Waals surface area contributed by atoms with Gasteiger partial charge in [0, 0.05) is 23.8 Å². The number of nitrogens with zero attached hydrogens (tertiary/aromatic N) is 1. The van der Waals surface area contributed by atoms with Crippen LogP contribution in [-0.4, -0.2) is 22.1 Å². The van der Waals surface area contributed by atoms with Crippen LogP contribution in [0.15, 0.2) is 59.4 Å². The van der Waals surface area contributed by atoms with Gasteiger partial charge in [0.15, 0.2) is 0 Å². The number of aryl methyl sites for hydroxylation is 1. The quantitative estimate of drug-likeness (QED) is 0.701. The highest BCUT2D eigenvalue weighted by atomic mass is 16.1. The number of benzene rings is 2. The Balaban J connectivity index is 1.14. The summed E-state index contributed by atoms with van der Waals surface area (Å²) in [6.45, 7) is 0. The number of nitrogens with one attached hydrogen (secondary N) is 2. The lowest BCUT2D eigenvalue weighted by Crippen LogP contribution is -2.55. The minimum Gasteiger partial charge on any atom is -0.353 e. The first kappa shape index (κ1) is 18.1. The Bertz CT molecular complexity index is 1090. The van der Waals surface area contributed by atoms with Gasteiger partial charge in [-0.05, 0) is 49.1 Å². The Morgan fingerprint density at radius 1 is 1.00 bits per heavy atom. The van der Waals surface area contributed by atoms with Crippen molar-refractivity contribution in [1.29, 1.82) is 0 Å². The largest absolute Gasteiger partial charge is 0.353 e. The Morgan fingerprint density at radius 2 is 1.69 bits per heavy atom. The van der Waals surface area contributed by atoms with Gasteiger partial charge in [-0.3, -0.25) is 9.59 Å². The van der Waals surface area contributed by atoms with E-state index in [0.717, 1.165) is 48.6 Å². The van der Waals surface area contributed by atoms with Crippen molar-refractivity contribution in [2.24, 2.45) is 5.41 Å². The number of hydrogen-bond acceptors (Lipinski definition) is 3. The van der Waals surface area contributed by atoms with Crippen LogP contribution in [0.1, 0.15) is 49.3 Å². The summed E-state index contributed by atoms with van der Waals surface area (Å²) in [4.78, 5) is 24.2. The molecule has 1 amide bonds. The van der Waals surface area contributed by atoms with Gasteiger partial charge in [-0.1, -0.05) is 48.5 Å². The maximum absolute atomic E-state index is 12.2. The number of carbonyl (C=O) groups excluding carboxylic acids is 1. The summed E-state index contributed by atoms with van der Waals surface area (Å²) >= 11 is 0. The number of aromatic nitrogens is 2. The molecule has 3 aromatic rings. The maximum atomic E-state index is 12.2. The summed E-state index contributed by atoms with van der Waals surface area (Å²) in [7, 11) is 0. The van der Waals surface area contributed by atoms with Crippen LogP contribution in [0.4, 0.5) is 0 Å². The Hall–Kier alpha value is -2.95. The summed E-state index contributed by atoms with van der Waals surface area (Å²) < 4.78 is 0. The maximum Gasteiger partial charge on any atom is 0.272 e. The fourth-order valence-corrected chi connectivity index (χ4v) is 5.25. The van der Waals surface area contributed by atoms with Gasteiger partial charge < -0.3 is 5.32 Å². The molecule has 2 fully saturated rings. The van der Waals surface area contributed by atoms with Crippen LogP contribution in [0.5, 0.6) is 0 Å². The number of aromatic amines is 1. The fraction of sp³-hybridized carbons (Fsp3) is 0.375. The fourth-order valence-electron chi connectivity index (χ4n) is 5.25. The van der Waals surface area contributed by atoms with E-state index in [-0.39, 0.29) is 11.5 Å². The molecule has 1 aromatic heterocycles. The average Bonchev–Trinajstić information content (AvgIpc) is 2.69. The van der Waals surface area contributed by atoms with Crippen molar-refractivity contribution in [2.45, 2.75) is 50.5 Å². The second-order valence-corrected chi connectivity index (χ2v) is 8.75. The summed E-state index contributed by atoms with van der Waals surface area (Å²) in [6.07, 6.45) is 5.63. The zero-order chi connectivity index (χ0) is 19.8. The van der Waals surface area contributed by atoms with E-state index in [1.165, 1.54) is 5.56 Å². The highest BCUT2D eigenvalue weighted by Gasteiger charge is 2.54. The Labute approximate surface area is 169 Å². The molecule has 148 valence electrons. The third-order valence-electron chi connectivity index (χ3n) is 6.68.